The molecule has 1 aliphatic heterocycles. The number of esters is 1. The fourth-order valence-corrected chi connectivity index (χ4v) is 2.22. The molecule has 2 amide bonds. The lowest BCUT2D eigenvalue weighted by Gasteiger charge is -2.28. The Hall–Kier alpha value is -2.37. The van der Waals surface area contributed by atoms with Gasteiger partial charge in [-0.3, -0.25) is 0 Å². The largest absolute Gasteiger partial charge is 0.462 e. The zero-order valence-corrected chi connectivity index (χ0v) is 12.8. The molecule has 6 heteroatoms. The maximum atomic E-state index is 13.4. The lowest BCUT2D eigenvalue weighted by molar-refractivity contribution is -0.140. The summed E-state index contributed by atoms with van der Waals surface area (Å²) in [5.41, 5.74) is 1.18. The van der Waals surface area contributed by atoms with Crippen LogP contribution in [-0.2, 0) is 9.53 Å². The molecule has 1 aliphatic rings. The van der Waals surface area contributed by atoms with Gasteiger partial charge in [0.1, 0.15) is 5.82 Å². The molecule has 1 atom stereocenters. The SMILES string of the molecule is CC1=C(C(=O)OCC(C)C)[C@H](c2cccc(F)c2)NC(=O)N1. The molecule has 0 bridgehead atoms. The van der Waals surface area contributed by atoms with Crippen molar-refractivity contribution in [2.45, 2.75) is 26.8 Å². The monoisotopic (exact) mass is 306 g/mol. The molecule has 2 N–H and O–H groups in total. The summed E-state index contributed by atoms with van der Waals surface area (Å²) in [5, 5.41) is 5.18. The van der Waals surface area contributed by atoms with Crippen LogP contribution in [0, 0.1) is 11.7 Å². The van der Waals surface area contributed by atoms with Gasteiger partial charge in [0.25, 0.3) is 0 Å². The molecule has 118 valence electrons. The van der Waals surface area contributed by atoms with Crippen molar-refractivity contribution in [2.75, 3.05) is 6.61 Å². The molecule has 1 aromatic rings. The van der Waals surface area contributed by atoms with Gasteiger partial charge < -0.3 is 15.4 Å². The Kier molecular flexibility index (Phi) is 4.80. The lowest BCUT2D eigenvalue weighted by Crippen LogP contribution is -2.45. The maximum absolute atomic E-state index is 13.4. The minimum absolute atomic E-state index is 0.198. The van der Waals surface area contributed by atoms with Crippen molar-refractivity contribution in [1.29, 1.82) is 0 Å². The van der Waals surface area contributed by atoms with Crippen molar-refractivity contribution in [3.8, 4) is 0 Å². The Bertz CT molecular complexity index is 626. The number of halogens is 1. The van der Waals surface area contributed by atoms with E-state index in [1.807, 2.05) is 13.8 Å². The molecule has 0 unspecified atom stereocenters. The molecule has 5 nitrogen and oxygen atoms in total. The number of carbonyl (C=O) groups is 2. The Morgan fingerprint density at radius 2 is 2.14 bits per heavy atom. The van der Waals surface area contributed by atoms with Gasteiger partial charge in [-0.25, -0.2) is 14.0 Å². The zero-order valence-electron chi connectivity index (χ0n) is 12.8. The number of hydrogen-bond donors (Lipinski definition) is 2. The molecule has 0 saturated heterocycles. The second kappa shape index (κ2) is 6.60. The number of hydrogen-bond acceptors (Lipinski definition) is 3. The molecule has 0 saturated carbocycles. The summed E-state index contributed by atoms with van der Waals surface area (Å²) in [6.07, 6.45) is 0. The molecule has 1 heterocycles. The highest BCUT2D eigenvalue weighted by Crippen LogP contribution is 2.28. The van der Waals surface area contributed by atoms with Crippen LogP contribution in [0.1, 0.15) is 32.4 Å². The number of carbonyl (C=O) groups excluding carboxylic acids is 2. The van der Waals surface area contributed by atoms with Gasteiger partial charge in [-0.15, -0.1) is 0 Å². The summed E-state index contributed by atoms with van der Waals surface area (Å²) in [6.45, 7) is 5.76. The summed E-state index contributed by atoms with van der Waals surface area (Å²) < 4.78 is 18.7. The summed E-state index contributed by atoms with van der Waals surface area (Å²) in [4.78, 5) is 24.0. The fraction of sp³-hybridized carbons (Fsp3) is 0.375. The Labute approximate surface area is 128 Å². The summed E-state index contributed by atoms with van der Waals surface area (Å²) in [7, 11) is 0. The first kappa shape index (κ1) is 16.0. The van der Waals surface area contributed by atoms with Crippen molar-refractivity contribution in [3.63, 3.8) is 0 Å². The second-order valence-corrected chi connectivity index (χ2v) is 5.62. The number of benzene rings is 1. The smallest absolute Gasteiger partial charge is 0.338 e. The van der Waals surface area contributed by atoms with E-state index in [1.54, 1.807) is 13.0 Å². The van der Waals surface area contributed by atoms with Crippen LogP contribution in [0.15, 0.2) is 35.5 Å². The number of amides is 2. The van der Waals surface area contributed by atoms with Gasteiger partial charge in [0.05, 0.1) is 18.2 Å². The van der Waals surface area contributed by atoms with Crippen LogP contribution < -0.4 is 10.6 Å². The van der Waals surface area contributed by atoms with Crippen LogP contribution in [0.5, 0.6) is 0 Å². The highest BCUT2D eigenvalue weighted by Gasteiger charge is 2.32. The number of allylic oxidation sites excluding steroid dienone is 1. The van der Waals surface area contributed by atoms with E-state index < -0.39 is 23.9 Å². The molecule has 1 aromatic carbocycles. The Morgan fingerprint density at radius 3 is 2.77 bits per heavy atom. The maximum Gasteiger partial charge on any atom is 0.338 e. The van der Waals surface area contributed by atoms with Crippen LogP contribution in [0.4, 0.5) is 9.18 Å². The number of urea groups is 1. The van der Waals surface area contributed by atoms with Crippen LogP contribution in [0.2, 0.25) is 0 Å². The second-order valence-electron chi connectivity index (χ2n) is 5.62. The van der Waals surface area contributed by atoms with E-state index in [0.29, 0.717) is 11.3 Å². The highest BCUT2D eigenvalue weighted by atomic mass is 19.1. The van der Waals surface area contributed by atoms with E-state index in [2.05, 4.69) is 10.6 Å². The average Bonchev–Trinajstić information content (AvgIpc) is 2.44. The van der Waals surface area contributed by atoms with E-state index in [-0.39, 0.29) is 18.1 Å². The van der Waals surface area contributed by atoms with Gasteiger partial charge >= 0.3 is 12.0 Å². The lowest BCUT2D eigenvalue weighted by atomic mass is 9.95. The normalized spacial score (nSPS) is 18.0. The quantitative estimate of drug-likeness (QED) is 0.840. The van der Waals surface area contributed by atoms with E-state index >= 15 is 0 Å². The van der Waals surface area contributed by atoms with Crippen molar-refractivity contribution in [1.82, 2.24) is 10.6 Å². The number of ether oxygens (including phenoxy) is 1. The predicted molar refractivity (Wildman–Crippen MR) is 79.3 cm³/mol. The topological polar surface area (TPSA) is 67.4 Å². The minimum Gasteiger partial charge on any atom is -0.462 e. The first-order chi connectivity index (χ1) is 10.4. The van der Waals surface area contributed by atoms with Crippen LogP contribution in [0.25, 0.3) is 0 Å². The van der Waals surface area contributed by atoms with Crippen molar-refractivity contribution in [2.24, 2.45) is 5.92 Å². The molecule has 2 rings (SSSR count). The first-order valence-electron chi connectivity index (χ1n) is 7.09. The molecule has 0 fully saturated rings. The van der Waals surface area contributed by atoms with Crippen LogP contribution in [0.3, 0.4) is 0 Å². The third kappa shape index (κ3) is 3.63. The van der Waals surface area contributed by atoms with Crippen molar-refractivity contribution < 1.29 is 18.7 Å². The van der Waals surface area contributed by atoms with E-state index in [1.165, 1.54) is 18.2 Å². The third-order valence-corrected chi connectivity index (χ3v) is 3.22. The first-order valence-corrected chi connectivity index (χ1v) is 7.09. The summed E-state index contributed by atoms with van der Waals surface area (Å²) >= 11 is 0. The van der Waals surface area contributed by atoms with Crippen molar-refractivity contribution >= 4 is 12.0 Å². The number of nitrogens with one attached hydrogen (secondary N) is 2. The molecule has 22 heavy (non-hydrogen) atoms. The van der Waals surface area contributed by atoms with E-state index in [9.17, 15) is 14.0 Å². The Morgan fingerprint density at radius 1 is 1.41 bits per heavy atom. The Balaban J connectivity index is 2.34. The molecule has 0 radical (unpaired) electrons. The number of rotatable bonds is 4. The average molecular weight is 306 g/mol. The van der Waals surface area contributed by atoms with Gasteiger partial charge in [0.2, 0.25) is 0 Å². The van der Waals surface area contributed by atoms with Gasteiger partial charge in [-0.1, -0.05) is 26.0 Å². The van der Waals surface area contributed by atoms with Gasteiger partial charge in [-0.2, -0.15) is 0 Å². The molecule has 0 aromatic heterocycles. The third-order valence-electron chi connectivity index (χ3n) is 3.22. The predicted octanol–water partition coefficient (Wildman–Crippen LogP) is 2.65. The minimum atomic E-state index is -0.732. The molecule has 0 aliphatic carbocycles. The van der Waals surface area contributed by atoms with Crippen LogP contribution >= 0.6 is 0 Å². The van der Waals surface area contributed by atoms with E-state index in [4.69, 9.17) is 4.74 Å². The summed E-state index contributed by atoms with van der Waals surface area (Å²) in [5.74, 6) is -0.755. The standard InChI is InChI=1S/C16H19FN2O3/c1-9(2)8-22-15(20)13-10(3)18-16(21)19-14(13)11-5-4-6-12(17)7-11/h4-7,9,14H,8H2,1-3H3,(H2,18,19,21)/t14-/m0/s1. The van der Waals surface area contributed by atoms with Gasteiger partial charge in [0.15, 0.2) is 0 Å². The highest BCUT2D eigenvalue weighted by molar-refractivity contribution is 5.95. The fourth-order valence-electron chi connectivity index (χ4n) is 2.22. The van der Waals surface area contributed by atoms with Crippen LogP contribution in [-0.4, -0.2) is 18.6 Å². The summed E-state index contributed by atoms with van der Waals surface area (Å²) in [6, 6.07) is 4.61. The van der Waals surface area contributed by atoms with Crippen molar-refractivity contribution in [3.05, 3.63) is 46.9 Å². The van der Waals surface area contributed by atoms with Gasteiger partial charge in [-0.05, 0) is 30.5 Å². The molecular formula is C16H19FN2O3. The molecular weight excluding hydrogens is 287 g/mol. The zero-order chi connectivity index (χ0) is 16.3. The van der Waals surface area contributed by atoms with Gasteiger partial charge in [0, 0.05) is 5.70 Å². The van der Waals surface area contributed by atoms with E-state index in [0.717, 1.165) is 0 Å². The molecule has 0 spiro atoms.